The molecule has 0 atom stereocenters. The fourth-order valence-corrected chi connectivity index (χ4v) is 3.29. The summed E-state index contributed by atoms with van der Waals surface area (Å²) in [6, 6.07) is 10.5. The fourth-order valence-electron chi connectivity index (χ4n) is 3.07. The van der Waals surface area contributed by atoms with Crippen molar-refractivity contribution in [3.8, 4) is 5.75 Å². The molecule has 26 heavy (non-hydrogen) atoms. The first-order valence-corrected chi connectivity index (χ1v) is 9.68. The highest BCUT2D eigenvalue weighted by Crippen LogP contribution is 2.27. The number of benzene rings is 2. The molecule has 0 unspecified atom stereocenters. The van der Waals surface area contributed by atoms with E-state index in [1.807, 2.05) is 19.1 Å². The molecule has 0 fully saturated rings. The quantitative estimate of drug-likeness (QED) is 0.629. The predicted octanol–water partition coefficient (Wildman–Crippen LogP) is 5.74. The summed E-state index contributed by atoms with van der Waals surface area (Å²) in [5, 5.41) is 3.59. The predicted molar refractivity (Wildman–Crippen MR) is 113 cm³/mol. The summed E-state index contributed by atoms with van der Waals surface area (Å²) in [5.41, 5.74) is 7.12. The Morgan fingerprint density at radius 3 is 2.38 bits per heavy atom. The SMILES string of the molecule is CCOC(=S)Nc1cccc(CC)c1COc1cc(C)c(CC)cc1C. The molecule has 4 heteroatoms. The van der Waals surface area contributed by atoms with E-state index in [4.69, 9.17) is 21.7 Å². The summed E-state index contributed by atoms with van der Waals surface area (Å²) < 4.78 is 11.6. The van der Waals surface area contributed by atoms with Gasteiger partial charge in [-0.05, 0) is 80.2 Å². The first-order valence-electron chi connectivity index (χ1n) is 9.27. The third-order valence-electron chi connectivity index (χ3n) is 4.55. The molecule has 2 aromatic rings. The van der Waals surface area contributed by atoms with Crippen LogP contribution in [0, 0.1) is 13.8 Å². The van der Waals surface area contributed by atoms with Crippen molar-refractivity contribution < 1.29 is 9.47 Å². The molecule has 0 aliphatic carbocycles. The molecule has 0 heterocycles. The fraction of sp³-hybridized carbons (Fsp3) is 0.409. The van der Waals surface area contributed by atoms with Crippen LogP contribution in [-0.2, 0) is 24.2 Å². The number of rotatable bonds is 7. The van der Waals surface area contributed by atoms with Gasteiger partial charge in [0.1, 0.15) is 12.4 Å². The zero-order valence-electron chi connectivity index (χ0n) is 16.4. The lowest BCUT2D eigenvalue weighted by molar-refractivity contribution is 0.303. The van der Waals surface area contributed by atoms with Crippen molar-refractivity contribution >= 4 is 23.1 Å². The third kappa shape index (κ3) is 4.98. The van der Waals surface area contributed by atoms with Crippen LogP contribution in [0.4, 0.5) is 5.69 Å². The molecule has 0 amide bonds. The average Bonchev–Trinajstić information content (AvgIpc) is 2.62. The molecular weight excluding hydrogens is 342 g/mol. The van der Waals surface area contributed by atoms with Crippen LogP contribution < -0.4 is 10.1 Å². The van der Waals surface area contributed by atoms with Gasteiger partial charge in [0.15, 0.2) is 0 Å². The van der Waals surface area contributed by atoms with Crippen molar-refractivity contribution in [2.45, 2.75) is 54.1 Å². The van der Waals surface area contributed by atoms with Gasteiger partial charge in [-0.25, -0.2) is 0 Å². The highest BCUT2D eigenvalue weighted by molar-refractivity contribution is 7.80. The van der Waals surface area contributed by atoms with Crippen molar-refractivity contribution in [3.05, 3.63) is 58.1 Å². The van der Waals surface area contributed by atoms with Crippen LogP contribution in [-0.4, -0.2) is 11.8 Å². The number of hydrogen-bond donors (Lipinski definition) is 1. The largest absolute Gasteiger partial charge is 0.489 e. The molecule has 2 rings (SSSR count). The molecule has 1 N–H and O–H groups in total. The Labute approximate surface area is 162 Å². The van der Waals surface area contributed by atoms with Crippen LogP contribution in [0.25, 0.3) is 0 Å². The summed E-state index contributed by atoms with van der Waals surface area (Å²) >= 11 is 5.24. The van der Waals surface area contributed by atoms with Crippen LogP contribution in [0.1, 0.15) is 48.6 Å². The molecule has 2 aromatic carbocycles. The number of thiocarbonyl (C=S) groups is 1. The van der Waals surface area contributed by atoms with Crippen LogP contribution in [0.3, 0.4) is 0 Å². The van der Waals surface area contributed by atoms with Crippen molar-refractivity contribution in [2.75, 3.05) is 11.9 Å². The first kappa shape index (κ1) is 20.2. The summed E-state index contributed by atoms with van der Waals surface area (Å²) in [6.45, 7) is 11.5. The van der Waals surface area contributed by atoms with Gasteiger partial charge in [0.2, 0.25) is 0 Å². The van der Waals surface area contributed by atoms with E-state index in [-0.39, 0.29) is 0 Å². The number of anilines is 1. The lowest BCUT2D eigenvalue weighted by Gasteiger charge is -2.18. The number of aryl methyl sites for hydroxylation is 4. The summed E-state index contributed by atoms with van der Waals surface area (Å²) in [5.74, 6) is 0.934. The van der Waals surface area contributed by atoms with E-state index in [9.17, 15) is 0 Å². The molecule has 140 valence electrons. The minimum atomic E-state index is 0.390. The zero-order valence-corrected chi connectivity index (χ0v) is 17.3. The Balaban J connectivity index is 2.25. The monoisotopic (exact) mass is 371 g/mol. The Morgan fingerprint density at radius 2 is 1.73 bits per heavy atom. The van der Waals surface area contributed by atoms with E-state index in [1.165, 1.54) is 22.3 Å². The number of hydrogen-bond acceptors (Lipinski definition) is 3. The van der Waals surface area contributed by atoms with Gasteiger partial charge in [-0.15, -0.1) is 0 Å². The van der Waals surface area contributed by atoms with Gasteiger partial charge in [-0.2, -0.15) is 0 Å². The van der Waals surface area contributed by atoms with Crippen molar-refractivity contribution in [1.29, 1.82) is 0 Å². The second kappa shape index (κ2) is 9.58. The first-order chi connectivity index (χ1) is 12.5. The third-order valence-corrected chi connectivity index (χ3v) is 4.77. The molecule has 0 saturated heterocycles. The highest BCUT2D eigenvalue weighted by Gasteiger charge is 2.12. The normalized spacial score (nSPS) is 10.5. The summed E-state index contributed by atoms with van der Waals surface area (Å²) in [4.78, 5) is 0. The van der Waals surface area contributed by atoms with Gasteiger partial charge >= 0.3 is 0 Å². The van der Waals surface area contributed by atoms with Gasteiger partial charge in [-0.3, -0.25) is 0 Å². The van der Waals surface area contributed by atoms with Gasteiger partial charge < -0.3 is 14.8 Å². The minimum Gasteiger partial charge on any atom is -0.489 e. The van der Waals surface area contributed by atoms with E-state index in [1.54, 1.807) is 0 Å². The van der Waals surface area contributed by atoms with Gasteiger partial charge in [0, 0.05) is 11.3 Å². The second-order valence-electron chi connectivity index (χ2n) is 6.33. The molecule has 0 saturated carbocycles. The molecule has 3 nitrogen and oxygen atoms in total. The second-order valence-corrected chi connectivity index (χ2v) is 6.70. The van der Waals surface area contributed by atoms with E-state index in [2.05, 4.69) is 51.2 Å². The van der Waals surface area contributed by atoms with Crippen LogP contribution >= 0.6 is 12.2 Å². The van der Waals surface area contributed by atoms with E-state index in [0.29, 0.717) is 18.4 Å². The van der Waals surface area contributed by atoms with E-state index < -0.39 is 0 Å². The van der Waals surface area contributed by atoms with Gasteiger partial charge in [0.25, 0.3) is 5.17 Å². The van der Waals surface area contributed by atoms with Gasteiger partial charge in [0.05, 0.1) is 6.61 Å². The average molecular weight is 372 g/mol. The molecule has 0 spiro atoms. The maximum absolute atomic E-state index is 6.20. The topological polar surface area (TPSA) is 30.5 Å². The Bertz CT molecular complexity index is 771. The Hall–Kier alpha value is -2.07. The molecule has 0 aromatic heterocycles. The van der Waals surface area contributed by atoms with Crippen molar-refractivity contribution in [3.63, 3.8) is 0 Å². The maximum atomic E-state index is 6.20. The zero-order chi connectivity index (χ0) is 19.1. The van der Waals surface area contributed by atoms with Crippen LogP contribution in [0.2, 0.25) is 0 Å². The maximum Gasteiger partial charge on any atom is 0.261 e. The van der Waals surface area contributed by atoms with Crippen molar-refractivity contribution in [2.24, 2.45) is 0 Å². The minimum absolute atomic E-state index is 0.390. The standard InChI is InChI=1S/C22H29NO2S/c1-6-17-10-9-11-20(23-22(26)24-8-3)19(17)14-25-21-13-15(4)18(7-2)12-16(21)5/h9-13H,6-8,14H2,1-5H3,(H,23,26). The highest BCUT2D eigenvalue weighted by atomic mass is 32.1. The molecule has 0 aliphatic rings. The van der Waals surface area contributed by atoms with Crippen molar-refractivity contribution in [1.82, 2.24) is 0 Å². The molecule has 0 radical (unpaired) electrons. The summed E-state index contributed by atoms with van der Waals surface area (Å²) in [7, 11) is 0. The smallest absolute Gasteiger partial charge is 0.261 e. The Kier molecular flexibility index (Phi) is 7.46. The molecule has 0 aliphatic heterocycles. The lowest BCUT2D eigenvalue weighted by Crippen LogP contribution is -2.15. The number of nitrogens with one attached hydrogen (secondary N) is 1. The van der Waals surface area contributed by atoms with Crippen LogP contribution in [0.15, 0.2) is 30.3 Å². The van der Waals surface area contributed by atoms with Gasteiger partial charge in [-0.1, -0.05) is 32.0 Å². The molecular formula is C22H29NO2S. The Morgan fingerprint density at radius 1 is 1.00 bits per heavy atom. The van der Waals surface area contributed by atoms with E-state index in [0.717, 1.165) is 29.8 Å². The van der Waals surface area contributed by atoms with Crippen LogP contribution in [0.5, 0.6) is 5.75 Å². The summed E-state index contributed by atoms with van der Waals surface area (Å²) in [6.07, 6.45) is 1.97. The molecule has 0 bridgehead atoms. The number of ether oxygens (including phenoxy) is 2. The lowest BCUT2D eigenvalue weighted by atomic mass is 10.0. The van der Waals surface area contributed by atoms with E-state index >= 15 is 0 Å².